The quantitative estimate of drug-likeness (QED) is 0.745. The number of ether oxygens (including phenoxy) is 2. The lowest BCUT2D eigenvalue weighted by Gasteiger charge is -2.32. The number of methoxy groups -OCH3 is 2. The van der Waals surface area contributed by atoms with Gasteiger partial charge in [0.15, 0.2) is 0 Å². The van der Waals surface area contributed by atoms with E-state index in [2.05, 4.69) is 26.0 Å². The third-order valence-electron chi connectivity index (χ3n) is 3.48. The summed E-state index contributed by atoms with van der Waals surface area (Å²) in [5, 5.41) is 0. The topological polar surface area (TPSA) is 44.5 Å². The van der Waals surface area contributed by atoms with Crippen molar-refractivity contribution in [3.8, 4) is 0 Å². The molecular weight excluding hydrogens is 202 g/mol. The summed E-state index contributed by atoms with van der Waals surface area (Å²) in [5.41, 5.74) is 6.06. The molecule has 2 unspecified atom stereocenters. The Morgan fingerprint density at radius 1 is 1.31 bits per heavy atom. The second-order valence-corrected chi connectivity index (χ2v) is 5.01. The lowest BCUT2D eigenvalue weighted by atomic mass is 9.82. The maximum absolute atomic E-state index is 6.06. The smallest absolute Gasteiger partial charge is 0.0687 e. The Labute approximate surface area is 99.0 Å². The van der Waals surface area contributed by atoms with E-state index in [1.807, 2.05) is 0 Å². The molecule has 1 aliphatic carbocycles. The number of rotatable bonds is 4. The van der Waals surface area contributed by atoms with Crippen LogP contribution in [0.5, 0.6) is 0 Å². The summed E-state index contributed by atoms with van der Waals surface area (Å²) >= 11 is 0. The van der Waals surface area contributed by atoms with Crippen molar-refractivity contribution >= 4 is 0 Å². The molecule has 2 N–H and O–H groups in total. The first-order chi connectivity index (χ1) is 7.60. The van der Waals surface area contributed by atoms with Crippen LogP contribution in [0.15, 0.2) is 12.2 Å². The van der Waals surface area contributed by atoms with Crippen LogP contribution in [-0.4, -0.2) is 33.0 Å². The van der Waals surface area contributed by atoms with Crippen LogP contribution in [-0.2, 0) is 9.47 Å². The summed E-state index contributed by atoms with van der Waals surface area (Å²) in [7, 11) is 3.52. The van der Waals surface area contributed by atoms with Crippen LogP contribution >= 0.6 is 0 Å². The third kappa shape index (κ3) is 3.30. The highest BCUT2D eigenvalue weighted by atomic mass is 16.5. The Balaban J connectivity index is 2.84. The van der Waals surface area contributed by atoms with Crippen molar-refractivity contribution in [2.45, 2.75) is 32.4 Å². The Kier molecular flexibility index (Phi) is 5.46. The zero-order chi connectivity index (χ0) is 12.1. The van der Waals surface area contributed by atoms with Gasteiger partial charge in [-0.3, -0.25) is 0 Å². The van der Waals surface area contributed by atoms with Crippen LogP contribution in [0.4, 0.5) is 0 Å². The van der Waals surface area contributed by atoms with E-state index in [1.165, 1.54) is 0 Å². The molecule has 16 heavy (non-hydrogen) atoms. The molecule has 0 fully saturated rings. The zero-order valence-electron chi connectivity index (χ0n) is 10.8. The summed E-state index contributed by atoms with van der Waals surface area (Å²) in [4.78, 5) is 0. The predicted octanol–water partition coefficient (Wildman–Crippen LogP) is 1.82. The minimum Gasteiger partial charge on any atom is -0.384 e. The second-order valence-electron chi connectivity index (χ2n) is 5.01. The molecule has 1 aliphatic rings. The standard InChI is InChI=1S/C13H25NO2/c1-9(2)12-7-11(14)6-5-10(8-15-3)13(12)16-4/h5-6,9-13H,7-8,14H2,1-4H3/t10-,11-,12?,13?/m1/s1. The summed E-state index contributed by atoms with van der Waals surface area (Å²) in [5.74, 6) is 1.39. The SMILES string of the molecule is COC[C@H]1C=C[C@@H](N)CC(C(C)C)C1OC. The molecule has 3 nitrogen and oxygen atoms in total. The molecule has 0 saturated heterocycles. The fraction of sp³-hybridized carbons (Fsp3) is 0.846. The summed E-state index contributed by atoms with van der Waals surface area (Å²) in [6, 6.07) is 0.145. The zero-order valence-corrected chi connectivity index (χ0v) is 10.8. The van der Waals surface area contributed by atoms with Gasteiger partial charge in [0, 0.05) is 26.2 Å². The molecule has 0 amide bonds. The molecule has 94 valence electrons. The van der Waals surface area contributed by atoms with Crippen molar-refractivity contribution in [3.05, 3.63) is 12.2 Å². The van der Waals surface area contributed by atoms with E-state index in [9.17, 15) is 0 Å². The molecule has 0 aromatic carbocycles. The van der Waals surface area contributed by atoms with E-state index in [-0.39, 0.29) is 12.1 Å². The van der Waals surface area contributed by atoms with E-state index in [0.717, 1.165) is 6.42 Å². The van der Waals surface area contributed by atoms with Crippen molar-refractivity contribution in [3.63, 3.8) is 0 Å². The van der Waals surface area contributed by atoms with Crippen molar-refractivity contribution < 1.29 is 9.47 Å². The van der Waals surface area contributed by atoms with E-state index >= 15 is 0 Å². The van der Waals surface area contributed by atoms with Gasteiger partial charge >= 0.3 is 0 Å². The summed E-state index contributed by atoms with van der Waals surface area (Å²) in [6.45, 7) is 5.17. The van der Waals surface area contributed by atoms with Gasteiger partial charge in [-0.1, -0.05) is 26.0 Å². The lowest BCUT2D eigenvalue weighted by molar-refractivity contribution is -0.0192. The monoisotopic (exact) mass is 227 g/mol. The first-order valence-electron chi connectivity index (χ1n) is 6.05. The van der Waals surface area contributed by atoms with Crippen molar-refractivity contribution in [2.75, 3.05) is 20.8 Å². The average Bonchev–Trinajstić information content (AvgIpc) is 2.39. The molecular formula is C13H25NO2. The van der Waals surface area contributed by atoms with Crippen LogP contribution in [0.3, 0.4) is 0 Å². The minimum atomic E-state index is 0.145. The lowest BCUT2D eigenvalue weighted by Crippen LogP contribution is -2.36. The molecule has 0 bridgehead atoms. The molecule has 4 atom stereocenters. The van der Waals surface area contributed by atoms with Crippen molar-refractivity contribution in [2.24, 2.45) is 23.5 Å². The average molecular weight is 227 g/mol. The molecule has 0 spiro atoms. The van der Waals surface area contributed by atoms with Gasteiger partial charge in [0.25, 0.3) is 0 Å². The normalized spacial score (nSPS) is 35.4. The fourth-order valence-corrected chi connectivity index (χ4v) is 2.58. The van der Waals surface area contributed by atoms with Gasteiger partial charge < -0.3 is 15.2 Å². The second kappa shape index (κ2) is 6.38. The minimum absolute atomic E-state index is 0.145. The van der Waals surface area contributed by atoms with Crippen LogP contribution in [0.25, 0.3) is 0 Å². The molecule has 0 saturated carbocycles. The molecule has 3 heteroatoms. The van der Waals surface area contributed by atoms with Crippen molar-refractivity contribution in [1.29, 1.82) is 0 Å². The van der Waals surface area contributed by atoms with Crippen LogP contribution < -0.4 is 5.73 Å². The molecule has 0 aromatic heterocycles. The maximum atomic E-state index is 6.06. The van der Waals surface area contributed by atoms with Gasteiger partial charge in [0.1, 0.15) is 0 Å². The number of hydrogen-bond acceptors (Lipinski definition) is 3. The fourth-order valence-electron chi connectivity index (χ4n) is 2.58. The first kappa shape index (κ1) is 13.7. The molecule has 0 aromatic rings. The largest absolute Gasteiger partial charge is 0.384 e. The Hall–Kier alpha value is -0.380. The van der Waals surface area contributed by atoms with Gasteiger partial charge in [-0.2, -0.15) is 0 Å². The Morgan fingerprint density at radius 2 is 2.00 bits per heavy atom. The van der Waals surface area contributed by atoms with Crippen LogP contribution in [0.2, 0.25) is 0 Å². The summed E-state index contributed by atoms with van der Waals surface area (Å²) in [6.07, 6.45) is 5.46. The molecule has 0 radical (unpaired) electrons. The van der Waals surface area contributed by atoms with Crippen LogP contribution in [0.1, 0.15) is 20.3 Å². The van der Waals surface area contributed by atoms with E-state index < -0.39 is 0 Å². The molecule has 1 rings (SSSR count). The highest BCUT2D eigenvalue weighted by molar-refractivity contribution is 5.04. The Bertz CT molecular complexity index is 228. The first-order valence-corrected chi connectivity index (χ1v) is 6.05. The highest BCUT2D eigenvalue weighted by Gasteiger charge is 2.33. The number of nitrogens with two attached hydrogens (primary N) is 1. The van der Waals surface area contributed by atoms with Crippen molar-refractivity contribution in [1.82, 2.24) is 0 Å². The van der Waals surface area contributed by atoms with Gasteiger partial charge in [0.2, 0.25) is 0 Å². The summed E-state index contributed by atoms with van der Waals surface area (Å²) < 4.78 is 10.9. The van der Waals surface area contributed by atoms with E-state index in [4.69, 9.17) is 15.2 Å². The Morgan fingerprint density at radius 3 is 2.50 bits per heavy atom. The van der Waals surface area contributed by atoms with Gasteiger partial charge in [-0.25, -0.2) is 0 Å². The molecule has 0 heterocycles. The highest BCUT2D eigenvalue weighted by Crippen LogP contribution is 2.31. The van der Waals surface area contributed by atoms with Gasteiger partial charge in [-0.15, -0.1) is 0 Å². The van der Waals surface area contributed by atoms with Gasteiger partial charge in [-0.05, 0) is 18.3 Å². The third-order valence-corrected chi connectivity index (χ3v) is 3.48. The van der Waals surface area contributed by atoms with Crippen LogP contribution in [0, 0.1) is 17.8 Å². The molecule has 0 aliphatic heterocycles. The van der Waals surface area contributed by atoms with Gasteiger partial charge in [0.05, 0.1) is 12.7 Å². The van der Waals surface area contributed by atoms with E-state index in [0.29, 0.717) is 24.4 Å². The maximum Gasteiger partial charge on any atom is 0.0687 e. The van der Waals surface area contributed by atoms with E-state index in [1.54, 1.807) is 14.2 Å². The number of hydrogen-bond donors (Lipinski definition) is 1. The predicted molar refractivity (Wildman–Crippen MR) is 66.2 cm³/mol.